The molecule has 2 atom stereocenters. The lowest BCUT2D eigenvalue weighted by Gasteiger charge is -2.35. The first-order valence-electron chi connectivity index (χ1n) is 12.5. The van der Waals surface area contributed by atoms with Crippen LogP contribution >= 0.6 is 11.8 Å². The van der Waals surface area contributed by atoms with E-state index in [1.54, 1.807) is 26.8 Å². The van der Waals surface area contributed by atoms with Crippen LogP contribution in [-0.4, -0.2) is 53.5 Å². The fraction of sp³-hybridized carbons (Fsp3) is 0.846. The molecule has 0 saturated carbocycles. The monoisotopic (exact) mass is 487 g/mol. The van der Waals surface area contributed by atoms with Gasteiger partial charge >= 0.3 is 5.97 Å². The third-order valence-corrected chi connectivity index (χ3v) is 6.49. The van der Waals surface area contributed by atoms with E-state index in [4.69, 9.17) is 9.47 Å². The smallest absolute Gasteiger partial charge is 0.339 e. The number of esters is 1. The number of aliphatic carboxylic acids is 1. The summed E-state index contributed by atoms with van der Waals surface area (Å²) in [7, 11) is 1.42. The quantitative estimate of drug-likeness (QED) is 0.151. The van der Waals surface area contributed by atoms with E-state index >= 15 is 0 Å². The Morgan fingerprint density at radius 1 is 1.00 bits per heavy atom. The number of carboxylic acid groups (broad SMARTS) is 1. The van der Waals surface area contributed by atoms with Crippen molar-refractivity contribution in [2.45, 2.75) is 110 Å². The van der Waals surface area contributed by atoms with Crippen molar-refractivity contribution in [3.8, 4) is 0 Å². The number of carbonyl (C=O) groups excluding carboxylic acids is 2. The van der Waals surface area contributed by atoms with E-state index in [0.29, 0.717) is 6.42 Å². The second kappa shape index (κ2) is 18.3. The van der Waals surface area contributed by atoms with Gasteiger partial charge in [-0.3, -0.25) is 0 Å². The Bertz CT molecular complexity index is 557. The van der Waals surface area contributed by atoms with E-state index < -0.39 is 29.1 Å². The summed E-state index contributed by atoms with van der Waals surface area (Å²) in [6, 6.07) is 0. The molecule has 0 amide bonds. The zero-order valence-corrected chi connectivity index (χ0v) is 22.3. The molecular formula is C26H47O6S-. The predicted octanol–water partition coefficient (Wildman–Crippen LogP) is 4.67. The van der Waals surface area contributed by atoms with Crippen molar-refractivity contribution in [3.05, 3.63) is 12.2 Å². The number of allylic oxidation sites excluding steroid dienone is 1. The van der Waals surface area contributed by atoms with Crippen LogP contribution < -0.4 is 5.11 Å². The topological polar surface area (TPSA) is 95.9 Å². The summed E-state index contributed by atoms with van der Waals surface area (Å²) in [6.07, 6.45) is 14.5. The van der Waals surface area contributed by atoms with Crippen LogP contribution in [0.25, 0.3) is 0 Å². The Hall–Kier alpha value is -1.05. The molecular weight excluding hydrogens is 440 g/mol. The summed E-state index contributed by atoms with van der Waals surface area (Å²) in [5.74, 6) is -1.55. The van der Waals surface area contributed by atoms with Crippen molar-refractivity contribution < 1.29 is 29.3 Å². The molecule has 0 aliphatic rings. The van der Waals surface area contributed by atoms with Gasteiger partial charge in [0.15, 0.2) is 5.60 Å². The molecule has 0 unspecified atom stereocenters. The van der Waals surface area contributed by atoms with Crippen molar-refractivity contribution in [1.82, 2.24) is 0 Å². The second-order valence-electron chi connectivity index (χ2n) is 9.62. The highest BCUT2D eigenvalue weighted by molar-refractivity contribution is 7.99. The number of rotatable bonds is 20. The van der Waals surface area contributed by atoms with E-state index in [2.05, 4.69) is 6.92 Å². The van der Waals surface area contributed by atoms with Crippen LogP contribution in [0.1, 0.15) is 98.3 Å². The van der Waals surface area contributed by atoms with Gasteiger partial charge < -0.3 is 24.5 Å². The number of carbonyl (C=O) groups is 2. The van der Waals surface area contributed by atoms with Crippen molar-refractivity contribution in [2.75, 3.05) is 25.2 Å². The van der Waals surface area contributed by atoms with E-state index in [1.807, 2.05) is 11.8 Å². The van der Waals surface area contributed by atoms with Crippen LogP contribution in [0, 0.1) is 5.92 Å². The van der Waals surface area contributed by atoms with Crippen LogP contribution in [-0.2, 0) is 19.1 Å². The van der Waals surface area contributed by atoms with E-state index in [9.17, 15) is 19.8 Å². The van der Waals surface area contributed by atoms with E-state index in [-0.39, 0.29) is 13.0 Å². The maximum atomic E-state index is 12.6. The molecule has 0 aromatic heterocycles. The predicted molar refractivity (Wildman–Crippen MR) is 134 cm³/mol. The van der Waals surface area contributed by atoms with Crippen LogP contribution in [0.2, 0.25) is 0 Å². The fourth-order valence-electron chi connectivity index (χ4n) is 3.40. The molecule has 0 fully saturated rings. The molecule has 0 aliphatic carbocycles. The Morgan fingerprint density at radius 2 is 1.58 bits per heavy atom. The maximum absolute atomic E-state index is 12.6. The Labute approximate surface area is 205 Å². The lowest BCUT2D eigenvalue weighted by Crippen LogP contribution is -2.55. The SMILES string of the molecule is CCCCCCCSCCCCCC/C=C/[C@H](C(=O)[O-])[C@@](O)(CCOC)C(=O)OC(C)(C)C. The fourth-order valence-corrected chi connectivity index (χ4v) is 4.42. The minimum absolute atomic E-state index is 0.0180. The van der Waals surface area contributed by atoms with Gasteiger partial charge in [0, 0.05) is 20.1 Å². The van der Waals surface area contributed by atoms with Gasteiger partial charge in [-0.05, 0) is 58.0 Å². The first-order chi connectivity index (χ1) is 15.6. The first-order valence-corrected chi connectivity index (χ1v) is 13.6. The molecule has 0 bridgehead atoms. The standard InChI is InChI=1S/C26H48O6S/c1-6-7-8-12-15-20-33-21-16-13-10-9-11-14-17-22(23(27)28)26(30,18-19-31-5)24(29)32-25(2,3)4/h14,17,22,30H,6-13,15-16,18-21H2,1-5H3,(H,27,28)/p-1/b17-14+/t22-,26+/m1/s1. The van der Waals surface area contributed by atoms with Gasteiger partial charge in [-0.1, -0.05) is 57.6 Å². The van der Waals surface area contributed by atoms with Gasteiger partial charge in [0.2, 0.25) is 0 Å². The van der Waals surface area contributed by atoms with Crippen molar-refractivity contribution >= 4 is 23.7 Å². The number of methoxy groups -OCH3 is 1. The largest absolute Gasteiger partial charge is 0.549 e. The zero-order chi connectivity index (χ0) is 25.2. The highest BCUT2D eigenvalue weighted by atomic mass is 32.2. The van der Waals surface area contributed by atoms with E-state index in [0.717, 1.165) is 19.3 Å². The molecule has 0 radical (unpaired) electrons. The first kappa shape index (κ1) is 31.9. The molecule has 0 aliphatic heterocycles. The molecule has 0 rings (SSSR count). The van der Waals surface area contributed by atoms with Gasteiger partial charge in [0.05, 0.1) is 11.9 Å². The van der Waals surface area contributed by atoms with Crippen LogP contribution in [0.3, 0.4) is 0 Å². The summed E-state index contributed by atoms with van der Waals surface area (Å²) in [5.41, 5.74) is -3.10. The summed E-state index contributed by atoms with van der Waals surface area (Å²) in [4.78, 5) is 24.4. The second-order valence-corrected chi connectivity index (χ2v) is 10.8. The lowest BCUT2D eigenvalue weighted by molar-refractivity contribution is -0.315. The van der Waals surface area contributed by atoms with Gasteiger partial charge in [-0.15, -0.1) is 0 Å². The Kier molecular flexibility index (Phi) is 17.7. The lowest BCUT2D eigenvalue weighted by atomic mass is 9.83. The average Bonchev–Trinajstić information content (AvgIpc) is 2.73. The molecule has 33 heavy (non-hydrogen) atoms. The highest BCUT2D eigenvalue weighted by Crippen LogP contribution is 2.28. The van der Waals surface area contributed by atoms with Crippen molar-refractivity contribution in [3.63, 3.8) is 0 Å². The normalized spacial score (nSPS) is 14.8. The molecule has 0 aromatic carbocycles. The van der Waals surface area contributed by atoms with Crippen LogP contribution in [0.15, 0.2) is 12.2 Å². The van der Waals surface area contributed by atoms with Crippen molar-refractivity contribution in [2.24, 2.45) is 5.92 Å². The number of hydrogen-bond acceptors (Lipinski definition) is 7. The number of hydrogen-bond donors (Lipinski definition) is 1. The van der Waals surface area contributed by atoms with Gasteiger partial charge in [0.25, 0.3) is 0 Å². The summed E-state index contributed by atoms with van der Waals surface area (Å²) in [5, 5.41) is 22.8. The molecule has 7 heteroatoms. The van der Waals surface area contributed by atoms with E-state index in [1.165, 1.54) is 63.2 Å². The minimum atomic E-state index is -2.24. The molecule has 0 saturated heterocycles. The highest BCUT2D eigenvalue weighted by Gasteiger charge is 2.46. The molecule has 1 N–H and O–H groups in total. The molecule has 0 spiro atoms. The summed E-state index contributed by atoms with van der Waals surface area (Å²) < 4.78 is 10.3. The average molecular weight is 488 g/mol. The third-order valence-electron chi connectivity index (χ3n) is 5.34. The third kappa shape index (κ3) is 15.5. The number of carboxylic acids is 1. The van der Waals surface area contributed by atoms with Crippen LogP contribution in [0.5, 0.6) is 0 Å². The van der Waals surface area contributed by atoms with Gasteiger partial charge in [-0.25, -0.2) is 4.79 Å². The summed E-state index contributed by atoms with van der Waals surface area (Å²) in [6.45, 7) is 7.25. The molecule has 194 valence electrons. The molecule has 0 aromatic rings. The zero-order valence-electron chi connectivity index (χ0n) is 21.5. The van der Waals surface area contributed by atoms with Gasteiger partial charge in [-0.2, -0.15) is 11.8 Å². The van der Waals surface area contributed by atoms with Crippen LogP contribution in [0.4, 0.5) is 0 Å². The Balaban J connectivity index is 4.45. The summed E-state index contributed by atoms with van der Waals surface area (Å²) >= 11 is 2.03. The van der Waals surface area contributed by atoms with Gasteiger partial charge in [0.1, 0.15) is 5.60 Å². The number of unbranched alkanes of at least 4 members (excludes halogenated alkanes) is 8. The number of aliphatic hydroxyl groups is 1. The molecule has 6 nitrogen and oxygen atoms in total. The molecule has 0 heterocycles. The maximum Gasteiger partial charge on any atom is 0.339 e. The Morgan fingerprint density at radius 3 is 2.09 bits per heavy atom. The number of thioether (sulfide) groups is 1. The minimum Gasteiger partial charge on any atom is -0.549 e. The van der Waals surface area contributed by atoms with Crippen molar-refractivity contribution in [1.29, 1.82) is 0 Å². The number of ether oxygens (including phenoxy) is 2.